The van der Waals surface area contributed by atoms with Gasteiger partial charge in [0.25, 0.3) is 0 Å². The van der Waals surface area contributed by atoms with Crippen LogP contribution in [0.1, 0.15) is 19.8 Å². The molecule has 0 atom stereocenters. The quantitative estimate of drug-likeness (QED) is 0.528. The van der Waals surface area contributed by atoms with Crippen LogP contribution < -0.4 is 22.1 Å². The van der Waals surface area contributed by atoms with Crippen molar-refractivity contribution >= 4 is 5.82 Å². The second-order valence-electron chi connectivity index (χ2n) is 3.52. The van der Waals surface area contributed by atoms with Gasteiger partial charge in [0.15, 0.2) is 11.3 Å². The van der Waals surface area contributed by atoms with E-state index in [0.717, 1.165) is 23.6 Å². The molecule has 0 amide bonds. The molecule has 0 aromatic carbocycles. The van der Waals surface area contributed by atoms with Crippen LogP contribution >= 0.6 is 0 Å². The summed E-state index contributed by atoms with van der Waals surface area (Å²) in [7, 11) is 0. The second kappa shape index (κ2) is 6.37. The Labute approximate surface area is 99.9 Å². The van der Waals surface area contributed by atoms with Crippen LogP contribution in [0.4, 0.5) is 5.82 Å². The number of nitriles is 1. The summed E-state index contributed by atoms with van der Waals surface area (Å²) >= 11 is 0. The molecule has 0 saturated carbocycles. The maximum absolute atomic E-state index is 8.61. The Morgan fingerprint density at radius 1 is 1.53 bits per heavy atom. The van der Waals surface area contributed by atoms with Gasteiger partial charge < -0.3 is 16.6 Å². The Kier molecular flexibility index (Phi) is 4.81. The van der Waals surface area contributed by atoms with Crippen LogP contribution in [-0.2, 0) is 0 Å². The van der Waals surface area contributed by atoms with Crippen LogP contribution in [0.5, 0.6) is 0 Å². The van der Waals surface area contributed by atoms with Crippen molar-refractivity contribution in [1.82, 2.24) is 9.89 Å². The molecule has 1 aromatic heterocycles. The lowest BCUT2D eigenvalue weighted by atomic mass is 10.3. The summed E-state index contributed by atoms with van der Waals surface area (Å²) in [6.45, 7) is 3.53. The molecule has 0 aliphatic heterocycles. The summed E-state index contributed by atoms with van der Waals surface area (Å²) in [4.78, 5) is 3.14. The molecular weight excluding hydrogens is 218 g/mol. The van der Waals surface area contributed by atoms with Gasteiger partial charge in [-0.1, -0.05) is 6.92 Å². The lowest BCUT2D eigenvalue weighted by Gasteiger charge is -2.21. The molecule has 0 unspecified atom stereocenters. The van der Waals surface area contributed by atoms with Crippen LogP contribution in [0.2, 0.25) is 0 Å². The highest BCUT2D eigenvalue weighted by atomic mass is 15.5. The number of nitrogen functional groups attached to an aromatic ring is 1. The van der Waals surface area contributed by atoms with Gasteiger partial charge in [0.2, 0.25) is 0 Å². The molecule has 4 N–H and O–H groups in total. The van der Waals surface area contributed by atoms with Gasteiger partial charge in [-0.2, -0.15) is 15.2 Å². The van der Waals surface area contributed by atoms with E-state index in [-0.39, 0.29) is 0 Å². The minimum atomic E-state index is 0.394. The third-order valence-corrected chi connectivity index (χ3v) is 2.27. The van der Waals surface area contributed by atoms with Gasteiger partial charge in [-0.15, -0.1) is 5.10 Å². The molecule has 17 heavy (non-hydrogen) atoms. The Balaban J connectivity index is 2.94. The number of rotatable bonds is 5. The summed E-state index contributed by atoms with van der Waals surface area (Å²) in [5.41, 5.74) is 0.394. The first-order valence-electron chi connectivity index (χ1n) is 5.44. The average molecular weight is 235 g/mol. The summed E-state index contributed by atoms with van der Waals surface area (Å²) in [6.07, 6.45) is 1.43. The minimum Gasteiger partial charge on any atom is -0.354 e. The topological polar surface area (TPSA) is 109 Å². The third-order valence-electron chi connectivity index (χ3n) is 2.27. The van der Waals surface area contributed by atoms with E-state index >= 15 is 0 Å². The maximum atomic E-state index is 8.61. The molecule has 7 nitrogen and oxygen atoms in total. The van der Waals surface area contributed by atoms with Crippen molar-refractivity contribution in [2.24, 2.45) is 10.9 Å². The molecule has 0 bridgehead atoms. The predicted octanol–water partition coefficient (Wildman–Crippen LogP) is -0.499. The van der Waals surface area contributed by atoms with Gasteiger partial charge >= 0.3 is 0 Å². The van der Waals surface area contributed by atoms with E-state index in [1.807, 2.05) is 4.90 Å². The first kappa shape index (κ1) is 12.8. The molecule has 7 heteroatoms. The van der Waals surface area contributed by atoms with E-state index in [1.54, 1.807) is 12.1 Å². The van der Waals surface area contributed by atoms with Crippen molar-refractivity contribution in [3.8, 4) is 6.07 Å². The van der Waals surface area contributed by atoms with Gasteiger partial charge in [-0.05, 0) is 18.6 Å². The van der Waals surface area contributed by atoms with E-state index < -0.39 is 0 Å². The summed E-state index contributed by atoms with van der Waals surface area (Å²) < 4.78 is 0. The van der Waals surface area contributed by atoms with Crippen LogP contribution in [0, 0.1) is 11.3 Å². The van der Waals surface area contributed by atoms with E-state index in [0.29, 0.717) is 18.5 Å². The highest BCUT2D eigenvalue weighted by Gasteiger charge is 2.07. The second-order valence-corrected chi connectivity index (χ2v) is 3.52. The molecule has 0 saturated heterocycles. The molecule has 1 aromatic rings. The number of anilines is 1. The zero-order chi connectivity index (χ0) is 12.7. The van der Waals surface area contributed by atoms with Crippen LogP contribution in [0.25, 0.3) is 0 Å². The zero-order valence-electron chi connectivity index (χ0n) is 9.87. The number of hydrogen-bond donors (Lipinski definition) is 2. The number of aromatic nitrogens is 2. The molecule has 1 rings (SSSR count). The average Bonchev–Trinajstić information content (AvgIpc) is 2.34. The van der Waals surface area contributed by atoms with Gasteiger partial charge in [0, 0.05) is 13.1 Å². The SMILES string of the molecule is CCCN(CCC#N)c1cc/c(=N/N)n(N)n1. The molecule has 0 radical (unpaired) electrons. The monoisotopic (exact) mass is 235 g/mol. The smallest absolute Gasteiger partial charge is 0.190 e. The van der Waals surface area contributed by atoms with Gasteiger partial charge in [-0.25, -0.2) is 0 Å². The molecule has 0 aliphatic rings. The summed E-state index contributed by atoms with van der Waals surface area (Å²) in [5, 5.41) is 16.2. The van der Waals surface area contributed by atoms with E-state index in [9.17, 15) is 0 Å². The third kappa shape index (κ3) is 3.38. The van der Waals surface area contributed by atoms with Crippen LogP contribution in [0.3, 0.4) is 0 Å². The fourth-order valence-corrected chi connectivity index (χ4v) is 1.49. The van der Waals surface area contributed by atoms with E-state index in [1.165, 1.54) is 0 Å². The van der Waals surface area contributed by atoms with Crippen molar-refractivity contribution in [2.45, 2.75) is 19.8 Å². The molecule has 0 aliphatic carbocycles. The van der Waals surface area contributed by atoms with E-state index in [4.69, 9.17) is 16.9 Å². The molecular formula is C10H17N7. The van der Waals surface area contributed by atoms with Crippen molar-refractivity contribution < 1.29 is 0 Å². The predicted molar refractivity (Wildman–Crippen MR) is 64.9 cm³/mol. The van der Waals surface area contributed by atoms with Gasteiger partial charge in [-0.3, -0.25) is 0 Å². The molecule has 0 spiro atoms. The lowest BCUT2D eigenvalue weighted by molar-refractivity contribution is 0.689. The standard InChI is InChI=1S/C10H17N7/c1-2-7-16(8-3-6-11)10-5-4-9(14-12)17(13)15-10/h4-5H,2-3,7-8,12-13H2,1H3/b14-9-. The Hall–Kier alpha value is -2.23. The summed E-state index contributed by atoms with van der Waals surface area (Å²) in [5.74, 6) is 11.5. The number of hydrogen-bond acceptors (Lipinski definition) is 6. The maximum Gasteiger partial charge on any atom is 0.190 e. The zero-order valence-corrected chi connectivity index (χ0v) is 9.87. The highest BCUT2D eigenvalue weighted by Crippen LogP contribution is 2.08. The van der Waals surface area contributed by atoms with Crippen molar-refractivity contribution in [3.05, 3.63) is 17.6 Å². The number of nitrogens with two attached hydrogens (primary N) is 2. The fourth-order valence-electron chi connectivity index (χ4n) is 1.49. The molecule has 92 valence electrons. The lowest BCUT2D eigenvalue weighted by Crippen LogP contribution is -2.35. The Morgan fingerprint density at radius 2 is 2.29 bits per heavy atom. The highest BCUT2D eigenvalue weighted by molar-refractivity contribution is 5.36. The van der Waals surface area contributed by atoms with Gasteiger partial charge in [0.1, 0.15) is 0 Å². The largest absolute Gasteiger partial charge is 0.354 e. The van der Waals surface area contributed by atoms with Crippen molar-refractivity contribution in [3.63, 3.8) is 0 Å². The normalized spacial score (nSPS) is 11.2. The van der Waals surface area contributed by atoms with Crippen molar-refractivity contribution in [1.29, 1.82) is 5.26 Å². The first-order valence-corrected chi connectivity index (χ1v) is 5.44. The summed E-state index contributed by atoms with van der Waals surface area (Å²) in [6, 6.07) is 5.60. The van der Waals surface area contributed by atoms with Crippen LogP contribution in [0.15, 0.2) is 17.2 Å². The molecule has 0 fully saturated rings. The number of nitrogens with zero attached hydrogens (tertiary/aromatic N) is 5. The van der Waals surface area contributed by atoms with Crippen molar-refractivity contribution in [2.75, 3.05) is 23.8 Å². The van der Waals surface area contributed by atoms with E-state index in [2.05, 4.69) is 23.2 Å². The van der Waals surface area contributed by atoms with Crippen LogP contribution in [-0.4, -0.2) is 23.0 Å². The molecule has 1 heterocycles. The minimum absolute atomic E-state index is 0.394. The Morgan fingerprint density at radius 3 is 2.82 bits per heavy atom. The van der Waals surface area contributed by atoms with Gasteiger partial charge in [0.05, 0.1) is 12.5 Å². The first-order chi connectivity index (χ1) is 8.22. The fraction of sp³-hybridized carbons (Fsp3) is 0.500. The Bertz CT molecular complexity index is 456.